The SMILES string of the molecule is Cc1cccc(Cl)c1NC(=O)CCN1CCC[C@H]2CCCCC[C@@H]21. The molecule has 1 amide bonds. The number of benzene rings is 1. The Balaban J connectivity index is 1.55. The molecule has 0 aromatic heterocycles. The molecular weight excluding hydrogens is 320 g/mol. The number of fused-ring (bicyclic) bond motifs is 1. The standard InChI is InChI=1S/C20H29ClN2O/c1-15-7-5-10-17(21)20(15)22-19(24)12-14-23-13-6-9-16-8-3-2-4-11-18(16)23/h5,7,10,16,18H,2-4,6,8-9,11-14H2,1H3,(H,22,24)/t16-,18+/m1/s1. The summed E-state index contributed by atoms with van der Waals surface area (Å²) in [7, 11) is 0. The predicted molar refractivity (Wildman–Crippen MR) is 101 cm³/mol. The smallest absolute Gasteiger partial charge is 0.225 e. The van der Waals surface area contributed by atoms with Crippen LogP contribution in [-0.2, 0) is 4.79 Å². The van der Waals surface area contributed by atoms with Gasteiger partial charge in [-0.05, 0) is 56.7 Å². The largest absolute Gasteiger partial charge is 0.325 e. The Labute approximate surface area is 150 Å². The van der Waals surface area contributed by atoms with Gasteiger partial charge in [-0.3, -0.25) is 9.69 Å². The topological polar surface area (TPSA) is 32.3 Å². The number of nitrogens with zero attached hydrogens (tertiary/aromatic N) is 1. The number of piperidine rings is 1. The van der Waals surface area contributed by atoms with Gasteiger partial charge in [-0.1, -0.05) is 43.0 Å². The summed E-state index contributed by atoms with van der Waals surface area (Å²) < 4.78 is 0. The first-order valence-corrected chi connectivity index (χ1v) is 9.82. The second-order valence-corrected chi connectivity index (χ2v) is 7.78. The molecule has 1 heterocycles. The van der Waals surface area contributed by atoms with Gasteiger partial charge < -0.3 is 5.32 Å². The third-order valence-corrected chi connectivity index (χ3v) is 6.04. The van der Waals surface area contributed by atoms with Crippen molar-refractivity contribution in [3.8, 4) is 0 Å². The van der Waals surface area contributed by atoms with Crippen molar-refractivity contribution in [1.29, 1.82) is 0 Å². The van der Waals surface area contributed by atoms with Crippen LogP contribution in [0.3, 0.4) is 0 Å². The molecule has 3 nitrogen and oxygen atoms in total. The number of hydrogen-bond acceptors (Lipinski definition) is 2. The number of aryl methyl sites for hydroxylation is 1. The van der Waals surface area contributed by atoms with E-state index in [9.17, 15) is 4.79 Å². The number of carbonyl (C=O) groups is 1. The zero-order valence-corrected chi connectivity index (χ0v) is 15.4. The Morgan fingerprint density at radius 1 is 1.21 bits per heavy atom. The van der Waals surface area contributed by atoms with Crippen LogP contribution in [0.2, 0.25) is 5.02 Å². The molecule has 4 heteroatoms. The Morgan fingerprint density at radius 2 is 2.00 bits per heavy atom. The molecule has 1 N–H and O–H groups in total. The summed E-state index contributed by atoms with van der Waals surface area (Å²) in [5.74, 6) is 0.928. The number of amides is 1. The van der Waals surface area contributed by atoms with Gasteiger partial charge in [0.2, 0.25) is 5.91 Å². The Hall–Kier alpha value is -1.06. The fraction of sp³-hybridized carbons (Fsp3) is 0.650. The van der Waals surface area contributed by atoms with Crippen LogP contribution in [0.15, 0.2) is 18.2 Å². The van der Waals surface area contributed by atoms with Gasteiger partial charge in [0.15, 0.2) is 0 Å². The van der Waals surface area contributed by atoms with Gasteiger partial charge in [-0.25, -0.2) is 0 Å². The highest BCUT2D eigenvalue weighted by Gasteiger charge is 2.31. The normalized spacial score (nSPS) is 24.9. The fourth-order valence-corrected chi connectivity index (χ4v) is 4.69. The lowest BCUT2D eigenvalue weighted by atomic mass is 9.85. The van der Waals surface area contributed by atoms with Crippen molar-refractivity contribution < 1.29 is 4.79 Å². The first-order chi connectivity index (χ1) is 11.6. The summed E-state index contributed by atoms with van der Waals surface area (Å²) in [6.07, 6.45) is 10.0. The van der Waals surface area contributed by atoms with E-state index >= 15 is 0 Å². The molecule has 2 aliphatic rings. The van der Waals surface area contributed by atoms with Gasteiger partial charge in [0.05, 0.1) is 10.7 Å². The maximum absolute atomic E-state index is 12.4. The summed E-state index contributed by atoms with van der Waals surface area (Å²) in [5, 5.41) is 3.62. The lowest BCUT2D eigenvalue weighted by Gasteiger charge is -2.40. The lowest BCUT2D eigenvalue weighted by Crippen LogP contribution is -2.45. The van der Waals surface area contributed by atoms with E-state index in [4.69, 9.17) is 11.6 Å². The van der Waals surface area contributed by atoms with Crippen LogP contribution in [0.1, 0.15) is 56.9 Å². The molecular formula is C20H29ClN2O. The molecule has 1 aromatic carbocycles. The zero-order chi connectivity index (χ0) is 16.9. The molecule has 1 aromatic rings. The van der Waals surface area contributed by atoms with Crippen molar-refractivity contribution in [2.45, 2.75) is 64.3 Å². The van der Waals surface area contributed by atoms with Crippen molar-refractivity contribution in [2.75, 3.05) is 18.4 Å². The molecule has 0 radical (unpaired) electrons. The third-order valence-electron chi connectivity index (χ3n) is 5.72. The second kappa shape index (κ2) is 8.35. The van der Waals surface area contributed by atoms with E-state index in [1.165, 1.54) is 44.9 Å². The highest BCUT2D eigenvalue weighted by atomic mass is 35.5. The minimum atomic E-state index is 0.0712. The number of likely N-dealkylation sites (tertiary alicyclic amines) is 1. The predicted octanol–water partition coefficient (Wildman–Crippen LogP) is 5.02. The molecule has 0 bridgehead atoms. The van der Waals surface area contributed by atoms with Crippen LogP contribution in [0.4, 0.5) is 5.69 Å². The molecule has 1 saturated carbocycles. The molecule has 132 valence electrons. The third kappa shape index (κ3) is 4.31. The van der Waals surface area contributed by atoms with Crippen molar-refractivity contribution in [2.24, 2.45) is 5.92 Å². The van der Waals surface area contributed by atoms with Crippen LogP contribution in [0, 0.1) is 12.8 Å². The summed E-state index contributed by atoms with van der Waals surface area (Å²) >= 11 is 6.21. The first-order valence-electron chi connectivity index (χ1n) is 9.44. The lowest BCUT2D eigenvalue weighted by molar-refractivity contribution is -0.116. The maximum atomic E-state index is 12.4. The monoisotopic (exact) mass is 348 g/mol. The molecule has 2 fully saturated rings. The van der Waals surface area contributed by atoms with Crippen LogP contribution in [-0.4, -0.2) is 29.9 Å². The number of rotatable bonds is 4. The molecule has 3 rings (SSSR count). The molecule has 2 atom stereocenters. The quantitative estimate of drug-likeness (QED) is 0.828. The highest BCUT2D eigenvalue weighted by molar-refractivity contribution is 6.33. The number of para-hydroxylation sites is 1. The Bertz CT molecular complexity index is 555. The first kappa shape index (κ1) is 17.8. The van der Waals surface area contributed by atoms with Gasteiger partial charge in [0.25, 0.3) is 0 Å². The fourth-order valence-electron chi connectivity index (χ4n) is 4.42. The van der Waals surface area contributed by atoms with E-state index in [0.29, 0.717) is 17.5 Å². The van der Waals surface area contributed by atoms with Crippen LogP contribution >= 0.6 is 11.6 Å². The number of nitrogens with one attached hydrogen (secondary N) is 1. The summed E-state index contributed by atoms with van der Waals surface area (Å²) in [5.41, 5.74) is 1.77. The van der Waals surface area contributed by atoms with E-state index in [0.717, 1.165) is 30.3 Å². The van der Waals surface area contributed by atoms with E-state index in [1.54, 1.807) is 0 Å². The van der Waals surface area contributed by atoms with Gasteiger partial charge in [-0.2, -0.15) is 0 Å². The van der Waals surface area contributed by atoms with Crippen molar-refractivity contribution in [3.63, 3.8) is 0 Å². The highest BCUT2D eigenvalue weighted by Crippen LogP contribution is 2.34. The van der Waals surface area contributed by atoms with Crippen molar-refractivity contribution in [3.05, 3.63) is 28.8 Å². The van der Waals surface area contributed by atoms with E-state index in [2.05, 4.69) is 10.2 Å². The molecule has 1 saturated heterocycles. The average Bonchev–Trinajstić information content (AvgIpc) is 2.82. The maximum Gasteiger partial charge on any atom is 0.225 e. The molecule has 1 aliphatic heterocycles. The summed E-state index contributed by atoms with van der Waals surface area (Å²) in [4.78, 5) is 15.0. The molecule has 24 heavy (non-hydrogen) atoms. The van der Waals surface area contributed by atoms with E-state index in [1.807, 2.05) is 25.1 Å². The van der Waals surface area contributed by atoms with Crippen molar-refractivity contribution in [1.82, 2.24) is 4.90 Å². The van der Waals surface area contributed by atoms with Gasteiger partial charge >= 0.3 is 0 Å². The number of halogens is 1. The van der Waals surface area contributed by atoms with Crippen LogP contribution in [0.25, 0.3) is 0 Å². The molecule has 1 aliphatic carbocycles. The van der Waals surface area contributed by atoms with Crippen LogP contribution < -0.4 is 5.32 Å². The Morgan fingerprint density at radius 3 is 2.83 bits per heavy atom. The summed E-state index contributed by atoms with van der Waals surface area (Å²) in [6, 6.07) is 6.41. The van der Waals surface area contributed by atoms with Crippen LogP contribution in [0.5, 0.6) is 0 Å². The minimum absolute atomic E-state index is 0.0712. The Kier molecular flexibility index (Phi) is 6.18. The molecule has 0 spiro atoms. The molecule has 0 unspecified atom stereocenters. The number of hydrogen-bond donors (Lipinski definition) is 1. The zero-order valence-electron chi connectivity index (χ0n) is 14.7. The average molecular weight is 349 g/mol. The van der Waals surface area contributed by atoms with E-state index < -0.39 is 0 Å². The minimum Gasteiger partial charge on any atom is -0.325 e. The van der Waals surface area contributed by atoms with Gasteiger partial charge in [0, 0.05) is 19.0 Å². The van der Waals surface area contributed by atoms with Gasteiger partial charge in [-0.15, -0.1) is 0 Å². The second-order valence-electron chi connectivity index (χ2n) is 7.37. The van der Waals surface area contributed by atoms with Gasteiger partial charge in [0.1, 0.15) is 0 Å². The number of anilines is 1. The van der Waals surface area contributed by atoms with Crippen molar-refractivity contribution >= 4 is 23.2 Å². The summed E-state index contributed by atoms with van der Waals surface area (Å²) in [6.45, 7) is 4.00. The number of carbonyl (C=O) groups excluding carboxylic acids is 1. The van der Waals surface area contributed by atoms with E-state index in [-0.39, 0.29) is 5.91 Å².